The van der Waals surface area contributed by atoms with Crippen LogP contribution in [0.25, 0.3) is 0 Å². The zero-order valence-electron chi connectivity index (χ0n) is 11.3. The maximum absolute atomic E-state index is 12.0. The Balaban J connectivity index is 1.84. The van der Waals surface area contributed by atoms with Crippen LogP contribution in [0.15, 0.2) is 24.5 Å². The lowest BCUT2D eigenvalue weighted by atomic mass is 10.2. The van der Waals surface area contributed by atoms with Gasteiger partial charge in [-0.3, -0.25) is 19.5 Å². The Morgan fingerprint density at radius 3 is 2.63 bits per heavy atom. The average Bonchev–Trinajstić information content (AvgIpc) is 2.66. The second-order valence-corrected chi connectivity index (χ2v) is 5.01. The van der Waals surface area contributed by atoms with Gasteiger partial charge in [0.15, 0.2) is 0 Å². The molecule has 1 aliphatic rings. The van der Waals surface area contributed by atoms with Crippen LogP contribution in [0, 0.1) is 0 Å². The summed E-state index contributed by atoms with van der Waals surface area (Å²) in [6.07, 6.45) is 4.59. The minimum atomic E-state index is -0.364. The molecule has 5 heteroatoms. The highest BCUT2D eigenvalue weighted by Gasteiger charge is 2.39. The molecule has 1 unspecified atom stereocenters. The number of imide groups is 1. The number of pyridine rings is 1. The molecule has 0 saturated carbocycles. The molecule has 102 valence electrons. The number of carbonyl (C=O) groups is 2. The monoisotopic (exact) mass is 261 g/mol. The van der Waals surface area contributed by atoms with Crippen molar-refractivity contribution in [3.63, 3.8) is 0 Å². The van der Waals surface area contributed by atoms with Gasteiger partial charge in [-0.2, -0.15) is 0 Å². The van der Waals surface area contributed by atoms with Crippen LogP contribution in [0.1, 0.15) is 25.8 Å². The van der Waals surface area contributed by atoms with Gasteiger partial charge in [0, 0.05) is 18.4 Å². The van der Waals surface area contributed by atoms with E-state index in [-0.39, 0.29) is 30.3 Å². The molecule has 0 spiro atoms. The molecule has 19 heavy (non-hydrogen) atoms. The fourth-order valence-corrected chi connectivity index (χ4v) is 2.29. The fourth-order valence-electron chi connectivity index (χ4n) is 2.29. The maximum Gasteiger partial charge on any atom is 0.247 e. The number of aromatic nitrogens is 1. The van der Waals surface area contributed by atoms with Crippen molar-refractivity contribution in [1.29, 1.82) is 0 Å². The quantitative estimate of drug-likeness (QED) is 0.795. The number of hydrogen-bond donors (Lipinski definition) is 1. The molecule has 2 heterocycles. The molecule has 1 saturated heterocycles. The van der Waals surface area contributed by atoms with Crippen molar-refractivity contribution in [2.24, 2.45) is 0 Å². The first kappa shape index (κ1) is 13.7. The van der Waals surface area contributed by atoms with Crippen LogP contribution in [0.5, 0.6) is 0 Å². The van der Waals surface area contributed by atoms with Crippen LogP contribution in [-0.4, -0.2) is 40.3 Å². The first-order chi connectivity index (χ1) is 9.09. The molecule has 2 amide bonds. The van der Waals surface area contributed by atoms with E-state index in [9.17, 15) is 9.59 Å². The second kappa shape index (κ2) is 5.93. The molecule has 0 radical (unpaired) electrons. The lowest BCUT2D eigenvalue weighted by molar-refractivity contribution is -0.140. The molecular weight excluding hydrogens is 242 g/mol. The lowest BCUT2D eigenvalue weighted by Gasteiger charge is -2.19. The number of nitrogens with zero attached hydrogens (tertiary/aromatic N) is 2. The normalized spacial score (nSPS) is 19.5. The van der Waals surface area contributed by atoms with Crippen LogP contribution in [0.2, 0.25) is 0 Å². The standard InChI is InChI=1S/C14H19N3O2/c1-10(2)17-13(18)9-12(14(17)19)16-8-5-11-3-6-15-7-4-11/h3-4,6-7,10,12,16H,5,8-9H2,1-2H3. The van der Waals surface area contributed by atoms with E-state index in [4.69, 9.17) is 0 Å². The van der Waals surface area contributed by atoms with Gasteiger partial charge in [-0.25, -0.2) is 0 Å². The van der Waals surface area contributed by atoms with E-state index < -0.39 is 0 Å². The number of rotatable bonds is 5. The van der Waals surface area contributed by atoms with Gasteiger partial charge in [-0.15, -0.1) is 0 Å². The van der Waals surface area contributed by atoms with E-state index in [1.54, 1.807) is 12.4 Å². The van der Waals surface area contributed by atoms with E-state index in [0.717, 1.165) is 6.42 Å². The number of carbonyl (C=O) groups excluding carboxylic acids is 2. The number of amides is 2. The molecule has 0 aromatic carbocycles. The molecule has 1 N–H and O–H groups in total. The van der Waals surface area contributed by atoms with Crippen molar-refractivity contribution in [2.45, 2.75) is 38.8 Å². The summed E-state index contributed by atoms with van der Waals surface area (Å²) >= 11 is 0. The zero-order valence-corrected chi connectivity index (χ0v) is 11.3. The molecule has 5 nitrogen and oxygen atoms in total. The number of likely N-dealkylation sites (tertiary alicyclic amines) is 1. The fraction of sp³-hybridized carbons (Fsp3) is 0.500. The Morgan fingerprint density at radius 2 is 2.05 bits per heavy atom. The van der Waals surface area contributed by atoms with E-state index in [2.05, 4.69) is 10.3 Å². The first-order valence-corrected chi connectivity index (χ1v) is 6.58. The summed E-state index contributed by atoms with van der Waals surface area (Å²) in [5, 5.41) is 3.16. The highest BCUT2D eigenvalue weighted by molar-refractivity contribution is 6.05. The van der Waals surface area contributed by atoms with E-state index in [0.29, 0.717) is 6.54 Å². The molecule has 2 rings (SSSR count). The van der Waals surface area contributed by atoms with Crippen LogP contribution in [-0.2, 0) is 16.0 Å². The van der Waals surface area contributed by atoms with Crippen molar-refractivity contribution < 1.29 is 9.59 Å². The van der Waals surface area contributed by atoms with Crippen LogP contribution in [0.3, 0.4) is 0 Å². The summed E-state index contributed by atoms with van der Waals surface area (Å²) in [6, 6.07) is 3.47. The first-order valence-electron chi connectivity index (χ1n) is 6.58. The molecule has 1 aromatic heterocycles. The lowest BCUT2D eigenvalue weighted by Crippen LogP contribution is -2.42. The van der Waals surface area contributed by atoms with Gasteiger partial charge in [0.05, 0.1) is 12.5 Å². The van der Waals surface area contributed by atoms with Gasteiger partial charge in [0.2, 0.25) is 11.8 Å². The molecule has 1 aliphatic heterocycles. The minimum Gasteiger partial charge on any atom is -0.305 e. The third-order valence-electron chi connectivity index (χ3n) is 3.25. The summed E-state index contributed by atoms with van der Waals surface area (Å²) in [5.74, 6) is -0.184. The summed E-state index contributed by atoms with van der Waals surface area (Å²) < 4.78 is 0. The topological polar surface area (TPSA) is 62.3 Å². The molecular formula is C14H19N3O2. The summed E-state index contributed by atoms with van der Waals surface area (Å²) in [4.78, 5) is 29.1. The number of nitrogens with one attached hydrogen (secondary N) is 1. The summed E-state index contributed by atoms with van der Waals surface area (Å²) in [7, 11) is 0. The smallest absolute Gasteiger partial charge is 0.247 e. The highest BCUT2D eigenvalue weighted by atomic mass is 16.2. The molecule has 1 aromatic rings. The highest BCUT2D eigenvalue weighted by Crippen LogP contribution is 2.16. The molecule has 0 aliphatic carbocycles. The molecule has 0 bridgehead atoms. The van der Waals surface area contributed by atoms with Gasteiger partial charge in [-0.05, 0) is 44.5 Å². The predicted molar refractivity (Wildman–Crippen MR) is 71.3 cm³/mol. The van der Waals surface area contributed by atoms with Gasteiger partial charge in [0.25, 0.3) is 0 Å². The SMILES string of the molecule is CC(C)N1C(=O)CC(NCCc2ccncc2)C1=O. The largest absolute Gasteiger partial charge is 0.305 e. The predicted octanol–water partition coefficient (Wildman–Crippen LogP) is 0.750. The van der Waals surface area contributed by atoms with Crippen molar-refractivity contribution >= 4 is 11.8 Å². The van der Waals surface area contributed by atoms with Crippen LogP contribution >= 0.6 is 0 Å². The van der Waals surface area contributed by atoms with E-state index in [1.807, 2.05) is 26.0 Å². The van der Waals surface area contributed by atoms with Gasteiger partial charge < -0.3 is 5.32 Å². The van der Waals surface area contributed by atoms with Gasteiger partial charge >= 0.3 is 0 Å². The Hall–Kier alpha value is -1.75. The Kier molecular flexibility index (Phi) is 4.27. The Morgan fingerprint density at radius 1 is 1.37 bits per heavy atom. The Labute approximate surface area is 113 Å². The average molecular weight is 261 g/mol. The molecule has 1 atom stereocenters. The Bertz CT molecular complexity index is 459. The van der Waals surface area contributed by atoms with E-state index >= 15 is 0 Å². The third kappa shape index (κ3) is 3.17. The van der Waals surface area contributed by atoms with Crippen molar-refractivity contribution in [3.05, 3.63) is 30.1 Å². The van der Waals surface area contributed by atoms with Gasteiger partial charge in [-0.1, -0.05) is 0 Å². The van der Waals surface area contributed by atoms with Crippen molar-refractivity contribution in [2.75, 3.05) is 6.54 Å². The van der Waals surface area contributed by atoms with Crippen molar-refractivity contribution in [3.8, 4) is 0 Å². The third-order valence-corrected chi connectivity index (χ3v) is 3.25. The van der Waals surface area contributed by atoms with Crippen LogP contribution < -0.4 is 5.32 Å². The number of hydrogen-bond acceptors (Lipinski definition) is 4. The van der Waals surface area contributed by atoms with Gasteiger partial charge in [0.1, 0.15) is 0 Å². The summed E-state index contributed by atoms with van der Waals surface area (Å²) in [6.45, 7) is 4.39. The summed E-state index contributed by atoms with van der Waals surface area (Å²) in [5.41, 5.74) is 1.17. The van der Waals surface area contributed by atoms with E-state index in [1.165, 1.54) is 10.5 Å². The van der Waals surface area contributed by atoms with Crippen molar-refractivity contribution in [1.82, 2.24) is 15.2 Å². The zero-order chi connectivity index (χ0) is 13.8. The second-order valence-electron chi connectivity index (χ2n) is 5.01. The van der Waals surface area contributed by atoms with Crippen LogP contribution in [0.4, 0.5) is 0 Å². The molecule has 1 fully saturated rings. The minimum absolute atomic E-state index is 0.0630. The maximum atomic E-state index is 12.0.